The maximum absolute atomic E-state index is 5.37. The minimum absolute atomic E-state index is 0.818. The van der Waals surface area contributed by atoms with E-state index in [2.05, 4.69) is 31.3 Å². The van der Waals surface area contributed by atoms with E-state index in [1.54, 1.807) is 0 Å². The summed E-state index contributed by atoms with van der Waals surface area (Å²) < 4.78 is 5.37. The summed E-state index contributed by atoms with van der Waals surface area (Å²) in [4.78, 5) is 2.78. The maximum Gasteiger partial charge on any atom is 0.0591 e. The van der Waals surface area contributed by atoms with E-state index in [9.17, 15) is 0 Å². The van der Waals surface area contributed by atoms with E-state index < -0.39 is 0 Å². The van der Waals surface area contributed by atoms with Crippen molar-refractivity contribution in [2.75, 3.05) is 19.8 Å². The number of ether oxygens (including phenoxy) is 1. The third-order valence-electron chi connectivity index (χ3n) is 1.87. The number of hydrogen-bond donors (Lipinski definition) is 1. The zero-order valence-corrected chi connectivity index (χ0v) is 9.82. The summed E-state index contributed by atoms with van der Waals surface area (Å²) in [5.74, 6) is 0. The van der Waals surface area contributed by atoms with Crippen LogP contribution < -0.4 is 5.32 Å². The van der Waals surface area contributed by atoms with E-state index in [0.29, 0.717) is 0 Å². The van der Waals surface area contributed by atoms with Crippen molar-refractivity contribution in [2.24, 2.45) is 0 Å². The summed E-state index contributed by atoms with van der Waals surface area (Å²) in [5.41, 5.74) is 0. The quantitative estimate of drug-likeness (QED) is 0.703. The van der Waals surface area contributed by atoms with Gasteiger partial charge < -0.3 is 10.1 Å². The molecule has 0 saturated heterocycles. The van der Waals surface area contributed by atoms with E-state index >= 15 is 0 Å². The third kappa shape index (κ3) is 4.74. The SMILES string of the molecule is CCCOCCNCc1ccc(C)s1. The average Bonchev–Trinajstić information content (AvgIpc) is 2.58. The number of rotatable bonds is 7. The average molecular weight is 213 g/mol. The van der Waals surface area contributed by atoms with Crippen LogP contribution in [0.1, 0.15) is 23.1 Å². The van der Waals surface area contributed by atoms with Crippen molar-refractivity contribution in [3.05, 3.63) is 21.9 Å². The van der Waals surface area contributed by atoms with E-state index in [0.717, 1.165) is 32.7 Å². The Hall–Kier alpha value is -0.380. The predicted molar refractivity (Wildman–Crippen MR) is 61.9 cm³/mol. The maximum atomic E-state index is 5.37. The molecule has 0 saturated carbocycles. The van der Waals surface area contributed by atoms with Crippen LogP contribution in [0, 0.1) is 6.92 Å². The highest BCUT2D eigenvalue weighted by molar-refractivity contribution is 7.11. The molecule has 1 rings (SSSR count). The Labute approximate surface area is 90.3 Å². The van der Waals surface area contributed by atoms with Crippen molar-refractivity contribution in [3.63, 3.8) is 0 Å². The first-order valence-corrected chi connectivity index (χ1v) is 5.98. The molecule has 3 heteroatoms. The van der Waals surface area contributed by atoms with E-state index in [1.807, 2.05) is 11.3 Å². The van der Waals surface area contributed by atoms with Crippen molar-refractivity contribution in [1.82, 2.24) is 5.32 Å². The molecule has 1 aromatic heterocycles. The minimum atomic E-state index is 0.818. The van der Waals surface area contributed by atoms with Crippen molar-refractivity contribution in [2.45, 2.75) is 26.8 Å². The molecule has 0 atom stereocenters. The molecule has 0 aliphatic rings. The third-order valence-corrected chi connectivity index (χ3v) is 2.87. The fourth-order valence-corrected chi connectivity index (χ4v) is 2.04. The molecule has 1 N–H and O–H groups in total. The lowest BCUT2D eigenvalue weighted by atomic mass is 10.4. The Bertz CT molecular complexity index is 247. The molecular weight excluding hydrogens is 194 g/mol. The first-order valence-electron chi connectivity index (χ1n) is 5.16. The van der Waals surface area contributed by atoms with Crippen LogP contribution in [0.5, 0.6) is 0 Å². The van der Waals surface area contributed by atoms with E-state index in [4.69, 9.17) is 4.74 Å². The van der Waals surface area contributed by atoms with Crippen LogP contribution in [0.4, 0.5) is 0 Å². The summed E-state index contributed by atoms with van der Waals surface area (Å²) in [6.45, 7) is 7.86. The Morgan fingerprint density at radius 1 is 1.36 bits per heavy atom. The highest BCUT2D eigenvalue weighted by Crippen LogP contribution is 2.14. The minimum Gasteiger partial charge on any atom is -0.380 e. The molecule has 0 unspecified atom stereocenters. The van der Waals surface area contributed by atoms with Crippen LogP contribution in [0.2, 0.25) is 0 Å². The monoisotopic (exact) mass is 213 g/mol. The van der Waals surface area contributed by atoms with Gasteiger partial charge in [-0.15, -0.1) is 11.3 Å². The van der Waals surface area contributed by atoms with Gasteiger partial charge >= 0.3 is 0 Å². The van der Waals surface area contributed by atoms with Crippen LogP contribution in [0.3, 0.4) is 0 Å². The molecule has 2 nitrogen and oxygen atoms in total. The zero-order chi connectivity index (χ0) is 10.2. The van der Waals surface area contributed by atoms with E-state index in [-0.39, 0.29) is 0 Å². The Morgan fingerprint density at radius 2 is 2.21 bits per heavy atom. The first kappa shape index (κ1) is 11.7. The Morgan fingerprint density at radius 3 is 2.86 bits per heavy atom. The largest absolute Gasteiger partial charge is 0.380 e. The van der Waals surface area contributed by atoms with Gasteiger partial charge in [0.25, 0.3) is 0 Å². The van der Waals surface area contributed by atoms with Gasteiger partial charge in [-0.1, -0.05) is 6.92 Å². The van der Waals surface area contributed by atoms with Crippen LogP contribution in [-0.4, -0.2) is 19.8 Å². The second-order valence-corrected chi connectivity index (χ2v) is 4.67. The van der Waals surface area contributed by atoms with Gasteiger partial charge in [-0.2, -0.15) is 0 Å². The fourth-order valence-electron chi connectivity index (χ4n) is 1.18. The van der Waals surface area contributed by atoms with Crippen molar-refractivity contribution >= 4 is 11.3 Å². The zero-order valence-electron chi connectivity index (χ0n) is 9.01. The second kappa shape index (κ2) is 6.98. The topological polar surface area (TPSA) is 21.3 Å². The smallest absolute Gasteiger partial charge is 0.0591 e. The number of nitrogens with one attached hydrogen (secondary N) is 1. The molecule has 0 bridgehead atoms. The molecule has 0 aliphatic heterocycles. The Kier molecular flexibility index (Phi) is 5.83. The van der Waals surface area contributed by atoms with Crippen molar-refractivity contribution < 1.29 is 4.74 Å². The summed E-state index contributed by atoms with van der Waals surface area (Å²) in [6, 6.07) is 4.34. The fraction of sp³-hybridized carbons (Fsp3) is 0.636. The molecule has 1 aromatic rings. The summed E-state index contributed by atoms with van der Waals surface area (Å²) in [6.07, 6.45) is 1.10. The number of hydrogen-bond acceptors (Lipinski definition) is 3. The number of thiophene rings is 1. The summed E-state index contributed by atoms with van der Waals surface area (Å²) >= 11 is 1.85. The van der Waals surface area contributed by atoms with Gasteiger partial charge in [-0.05, 0) is 25.5 Å². The summed E-state index contributed by atoms with van der Waals surface area (Å²) in [5, 5.41) is 3.36. The Balaban J connectivity index is 1.99. The molecular formula is C11H19NOS. The van der Waals surface area contributed by atoms with Crippen molar-refractivity contribution in [3.8, 4) is 0 Å². The lowest BCUT2D eigenvalue weighted by Crippen LogP contribution is -2.18. The lowest BCUT2D eigenvalue weighted by molar-refractivity contribution is 0.136. The van der Waals surface area contributed by atoms with Gasteiger partial charge in [0.2, 0.25) is 0 Å². The van der Waals surface area contributed by atoms with Gasteiger partial charge in [-0.25, -0.2) is 0 Å². The number of aryl methyl sites for hydroxylation is 1. The van der Waals surface area contributed by atoms with Crippen LogP contribution >= 0.6 is 11.3 Å². The summed E-state index contributed by atoms with van der Waals surface area (Å²) in [7, 11) is 0. The van der Waals surface area contributed by atoms with Gasteiger partial charge in [0, 0.05) is 29.5 Å². The highest BCUT2D eigenvalue weighted by Gasteiger charge is 1.95. The van der Waals surface area contributed by atoms with Gasteiger partial charge in [0.1, 0.15) is 0 Å². The molecule has 0 amide bonds. The predicted octanol–water partition coefficient (Wildman–Crippen LogP) is 2.57. The molecule has 0 spiro atoms. The molecule has 14 heavy (non-hydrogen) atoms. The molecule has 1 heterocycles. The normalized spacial score (nSPS) is 10.7. The van der Waals surface area contributed by atoms with Crippen molar-refractivity contribution in [1.29, 1.82) is 0 Å². The highest BCUT2D eigenvalue weighted by atomic mass is 32.1. The van der Waals surface area contributed by atoms with Gasteiger partial charge in [0.05, 0.1) is 6.61 Å². The first-order chi connectivity index (χ1) is 6.83. The lowest BCUT2D eigenvalue weighted by Gasteiger charge is -2.03. The van der Waals surface area contributed by atoms with E-state index in [1.165, 1.54) is 9.75 Å². The molecule has 80 valence electrons. The van der Waals surface area contributed by atoms with Gasteiger partial charge in [0.15, 0.2) is 0 Å². The second-order valence-electron chi connectivity index (χ2n) is 3.30. The van der Waals surface area contributed by atoms with Crippen LogP contribution in [0.25, 0.3) is 0 Å². The van der Waals surface area contributed by atoms with Crippen LogP contribution in [0.15, 0.2) is 12.1 Å². The van der Waals surface area contributed by atoms with Gasteiger partial charge in [-0.3, -0.25) is 0 Å². The molecule has 0 fully saturated rings. The van der Waals surface area contributed by atoms with Crippen LogP contribution in [-0.2, 0) is 11.3 Å². The molecule has 0 aliphatic carbocycles. The molecule has 0 radical (unpaired) electrons. The molecule has 0 aromatic carbocycles. The standard InChI is InChI=1S/C11H19NOS/c1-3-7-13-8-6-12-9-11-5-4-10(2)14-11/h4-5,12H,3,6-9H2,1-2H3.